The Balaban J connectivity index is 1.65. The van der Waals surface area contributed by atoms with Gasteiger partial charge in [0.2, 0.25) is 15.9 Å². The number of carbonyl (C=O) groups excluding carboxylic acids is 1. The molecule has 2 aromatic carbocycles. The van der Waals surface area contributed by atoms with Gasteiger partial charge < -0.3 is 10.1 Å². The zero-order chi connectivity index (χ0) is 19.4. The second-order valence-electron chi connectivity index (χ2n) is 6.54. The fourth-order valence-electron chi connectivity index (χ4n) is 3.12. The number of carbonyl (C=O) groups is 1. The molecule has 144 valence electrons. The number of aryl methyl sites for hydroxylation is 1. The van der Waals surface area contributed by atoms with Crippen LogP contribution in [0.3, 0.4) is 0 Å². The fourth-order valence-corrected chi connectivity index (χ4v) is 4.68. The number of hydrogen-bond acceptors (Lipinski definition) is 4. The minimum Gasteiger partial charge on any atom is -0.494 e. The van der Waals surface area contributed by atoms with Gasteiger partial charge >= 0.3 is 0 Å². The predicted octanol–water partition coefficient (Wildman–Crippen LogP) is 3.11. The fraction of sp³-hybridized carbons (Fsp3) is 0.350. The maximum absolute atomic E-state index is 12.3. The molecule has 7 heteroatoms. The molecule has 0 radical (unpaired) electrons. The molecule has 1 N–H and O–H groups in total. The van der Waals surface area contributed by atoms with Crippen molar-refractivity contribution in [2.45, 2.75) is 26.7 Å². The first-order valence-corrected chi connectivity index (χ1v) is 10.6. The van der Waals surface area contributed by atoms with Crippen LogP contribution in [0, 0.1) is 6.92 Å². The lowest BCUT2D eigenvalue weighted by Gasteiger charge is -2.18. The molecule has 0 aliphatic carbocycles. The van der Waals surface area contributed by atoms with Gasteiger partial charge in [-0.2, -0.15) is 0 Å². The number of hydrogen-bond donors (Lipinski definition) is 1. The summed E-state index contributed by atoms with van der Waals surface area (Å²) in [5.74, 6) is 0.848. The first-order valence-electron chi connectivity index (χ1n) is 9.01. The SMILES string of the molecule is CCOc1ccc(CC(=O)Nc2ccc(N3CCCS3(=O)=O)cc2C)cc1. The molecule has 0 atom stereocenters. The van der Waals surface area contributed by atoms with Gasteiger partial charge in [0.1, 0.15) is 5.75 Å². The number of amides is 1. The van der Waals surface area contributed by atoms with Crippen LogP contribution in [0.1, 0.15) is 24.5 Å². The number of nitrogens with zero attached hydrogens (tertiary/aromatic N) is 1. The summed E-state index contributed by atoms with van der Waals surface area (Å²) in [7, 11) is -3.21. The molecule has 0 spiro atoms. The Kier molecular flexibility index (Phi) is 5.70. The Labute approximate surface area is 160 Å². The van der Waals surface area contributed by atoms with E-state index in [9.17, 15) is 13.2 Å². The Morgan fingerprint density at radius 1 is 1.19 bits per heavy atom. The summed E-state index contributed by atoms with van der Waals surface area (Å²) in [6.07, 6.45) is 0.899. The Morgan fingerprint density at radius 3 is 2.52 bits per heavy atom. The van der Waals surface area contributed by atoms with E-state index in [1.807, 2.05) is 38.1 Å². The highest BCUT2D eigenvalue weighted by Crippen LogP contribution is 2.28. The summed E-state index contributed by atoms with van der Waals surface area (Å²) in [4.78, 5) is 12.3. The van der Waals surface area contributed by atoms with Gasteiger partial charge in [0, 0.05) is 12.2 Å². The highest BCUT2D eigenvalue weighted by molar-refractivity contribution is 7.93. The second kappa shape index (κ2) is 8.00. The molecule has 1 aliphatic heterocycles. The van der Waals surface area contributed by atoms with E-state index < -0.39 is 10.0 Å². The van der Waals surface area contributed by atoms with Crippen LogP contribution in [0.2, 0.25) is 0 Å². The Morgan fingerprint density at radius 2 is 1.93 bits per heavy atom. The smallest absolute Gasteiger partial charge is 0.235 e. The molecule has 1 fully saturated rings. The van der Waals surface area contributed by atoms with E-state index in [4.69, 9.17) is 4.74 Å². The lowest BCUT2D eigenvalue weighted by Crippen LogP contribution is -2.25. The van der Waals surface area contributed by atoms with Crippen molar-refractivity contribution in [3.05, 3.63) is 53.6 Å². The maximum atomic E-state index is 12.3. The van der Waals surface area contributed by atoms with Gasteiger partial charge in [-0.15, -0.1) is 0 Å². The number of benzene rings is 2. The molecular weight excluding hydrogens is 364 g/mol. The first kappa shape index (κ1) is 19.2. The Bertz CT molecular complexity index is 923. The molecule has 6 nitrogen and oxygen atoms in total. The van der Waals surface area contributed by atoms with Crippen molar-refractivity contribution in [3.8, 4) is 5.75 Å². The first-order chi connectivity index (χ1) is 12.9. The summed E-state index contributed by atoms with van der Waals surface area (Å²) >= 11 is 0. The van der Waals surface area contributed by atoms with E-state index in [0.29, 0.717) is 30.9 Å². The maximum Gasteiger partial charge on any atom is 0.235 e. The van der Waals surface area contributed by atoms with Crippen LogP contribution in [0.4, 0.5) is 11.4 Å². The summed E-state index contributed by atoms with van der Waals surface area (Å²) in [5, 5.41) is 2.90. The zero-order valence-electron chi connectivity index (χ0n) is 15.6. The third-order valence-electron chi connectivity index (χ3n) is 4.47. The number of nitrogens with one attached hydrogen (secondary N) is 1. The van der Waals surface area contributed by atoms with Crippen molar-refractivity contribution < 1.29 is 17.9 Å². The Hall–Kier alpha value is -2.54. The van der Waals surface area contributed by atoms with Crippen molar-refractivity contribution in [1.29, 1.82) is 0 Å². The molecule has 0 saturated carbocycles. The molecule has 27 heavy (non-hydrogen) atoms. The van der Waals surface area contributed by atoms with Gasteiger partial charge in [-0.25, -0.2) is 8.42 Å². The van der Waals surface area contributed by atoms with Crippen LogP contribution < -0.4 is 14.4 Å². The van der Waals surface area contributed by atoms with Gasteiger partial charge in [0.05, 0.1) is 24.5 Å². The van der Waals surface area contributed by atoms with Crippen LogP contribution in [0.5, 0.6) is 5.75 Å². The largest absolute Gasteiger partial charge is 0.494 e. The quantitative estimate of drug-likeness (QED) is 0.825. The van der Waals surface area contributed by atoms with Gasteiger partial charge in [0.25, 0.3) is 0 Å². The van der Waals surface area contributed by atoms with E-state index in [-0.39, 0.29) is 18.1 Å². The van der Waals surface area contributed by atoms with Crippen molar-refractivity contribution in [2.24, 2.45) is 0 Å². The number of ether oxygens (including phenoxy) is 1. The minimum atomic E-state index is -3.21. The van der Waals surface area contributed by atoms with Crippen LogP contribution >= 0.6 is 0 Å². The van der Waals surface area contributed by atoms with Crippen LogP contribution in [-0.4, -0.2) is 33.2 Å². The molecule has 0 bridgehead atoms. The van der Waals surface area contributed by atoms with Crippen LogP contribution in [0.25, 0.3) is 0 Å². The van der Waals surface area contributed by atoms with Gasteiger partial charge in [-0.3, -0.25) is 9.10 Å². The summed E-state index contributed by atoms with van der Waals surface area (Å²) in [5.41, 5.74) is 3.06. The van der Waals surface area contributed by atoms with Crippen LogP contribution in [-0.2, 0) is 21.2 Å². The average Bonchev–Trinajstić information content (AvgIpc) is 2.98. The zero-order valence-corrected chi connectivity index (χ0v) is 16.4. The number of rotatable bonds is 6. The summed E-state index contributed by atoms with van der Waals surface area (Å²) in [6, 6.07) is 12.7. The highest BCUT2D eigenvalue weighted by atomic mass is 32.2. The highest BCUT2D eigenvalue weighted by Gasteiger charge is 2.28. The number of sulfonamides is 1. The van der Waals surface area contributed by atoms with E-state index in [2.05, 4.69) is 5.32 Å². The summed E-state index contributed by atoms with van der Waals surface area (Å²) in [6.45, 7) is 4.89. The van der Waals surface area contributed by atoms with Gasteiger partial charge in [-0.1, -0.05) is 12.1 Å². The van der Waals surface area contributed by atoms with E-state index >= 15 is 0 Å². The van der Waals surface area contributed by atoms with Crippen molar-refractivity contribution in [1.82, 2.24) is 0 Å². The van der Waals surface area contributed by atoms with E-state index in [0.717, 1.165) is 16.9 Å². The average molecular weight is 388 g/mol. The molecule has 2 aromatic rings. The van der Waals surface area contributed by atoms with Crippen molar-refractivity contribution >= 4 is 27.3 Å². The molecule has 1 heterocycles. The molecule has 1 aliphatic rings. The lowest BCUT2D eigenvalue weighted by atomic mass is 10.1. The number of anilines is 2. The molecule has 0 aromatic heterocycles. The van der Waals surface area contributed by atoms with Gasteiger partial charge in [0.15, 0.2) is 0 Å². The van der Waals surface area contributed by atoms with Crippen molar-refractivity contribution in [2.75, 3.05) is 28.5 Å². The third kappa shape index (κ3) is 4.60. The normalized spacial score (nSPS) is 15.6. The van der Waals surface area contributed by atoms with E-state index in [1.54, 1.807) is 18.2 Å². The third-order valence-corrected chi connectivity index (χ3v) is 6.34. The second-order valence-corrected chi connectivity index (χ2v) is 8.56. The molecule has 0 unspecified atom stereocenters. The monoisotopic (exact) mass is 388 g/mol. The van der Waals surface area contributed by atoms with Crippen LogP contribution in [0.15, 0.2) is 42.5 Å². The molecule has 1 amide bonds. The topological polar surface area (TPSA) is 75.7 Å². The van der Waals surface area contributed by atoms with Crippen molar-refractivity contribution in [3.63, 3.8) is 0 Å². The lowest BCUT2D eigenvalue weighted by molar-refractivity contribution is -0.115. The van der Waals surface area contributed by atoms with E-state index in [1.165, 1.54) is 4.31 Å². The predicted molar refractivity (Wildman–Crippen MR) is 107 cm³/mol. The van der Waals surface area contributed by atoms with Gasteiger partial charge in [-0.05, 0) is 61.7 Å². The molecular formula is C20H24N2O4S. The molecule has 3 rings (SSSR count). The standard InChI is InChI=1S/C20H24N2O4S/c1-3-26-18-8-5-16(6-9-18)14-20(23)21-19-10-7-17(13-15(19)2)22-11-4-12-27(22,24)25/h5-10,13H,3-4,11-12,14H2,1-2H3,(H,21,23). The summed E-state index contributed by atoms with van der Waals surface area (Å²) < 4.78 is 30.9. The minimum absolute atomic E-state index is 0.121. The molecule has 1 saturated heterocycles.